The summed E-state index contributed by atoms with van der Waals surface area (Å²) in [5, 5.41) is 1.63. The smallest absolute Gasteiger partial charge is 0.219 e. The van der Waals surface area contributed by atoms with Crippen molar-refractivity contribution in [3.05, 3.63) is 29.2 Å². The summed E-state index contributed by atoms with van der Waals surface area (Å²) in [6, 6.07) is 1.98. The Morgan fingerprint density at radius 1 is 1.40 bits per heavy atom. The molecule has 20 heavy (non-hydrogen) atoms. The van der Waals surface area contributed by atoms with Crippen molar-refractivity contribution in [3.8, 4) is 0 Å². The van der Waals surface area contributed by atoms with Gasteiger partial charge < -0.3 is 9.88 Å². The van der Waals surface area contributed by atoms with Crippen molar-refractivity contribution in [2.45, 2.75) is 13.5 Å². The van der Waals surface area contributed by atoms with E-state index in [0.29, 0.717) is 5.15 Å². The predicted molar refractivity (Wildman–Crippen MR) is 78.6 cm³/mol. The van der Waals surface area contributed by atoms with E-state index in [1.54, 1.807) is 13.1 Å². The van der Waals surface area contributed by atoms with E-state index in [-0.39, 0.29) is 5.91 Å². The lowest BCUT2D eigenvalue weighted by Gasteiger charge is -2.34. The van der Waals surface area contributed by atoms with E-state index < -0.39 is 0 Å². The molecule has 0 unspecified atom stereocenters. The van der Waals surface area contributed by atoms with Crippen LogP contribution >= 0.6 is 11.6 Å². The summed E-state index contributed by atoms with van der Waals surface area (Å²) < 4.78 is 0. The summed E-state index contributed by atoms with van der Waals surface area (Å²) in [4.78, 5) is 22.8. The molecule has 1 amide bonds. The molecule has 5 nitrogen and oxygen atoms in total. The van der Waals surface area contributed by atoms with Crippen LogP contribution in [-0.2, 0) is 11.3 Å². The molecule has 0 aliphatic carbocycles. The topological polar surface area (TPSA) is 52.2 Å². The van der Waals surface area contributed by atoms with Crippen LogP contribution in [0.5, 0.6) is 0 Å². The quantitative estimate of drug-likeness (QED) is 0.860. The number of pyridine rings is 1. The molecule has 0 aromatic carbocycles. The standard InChI is InChI=1S/C14H17ClN4O/c1-10(20)19-6-4-18(5-7-19)9-11-8-17-13-12(11)2-3-16-14(13)15/h2-3,8,17H,4-7,9H2,1H3. The Kier molecular flexibility index (Phi) is 3.63. The van der Waals surface area contributed by atoms with Gasteiger partial charge in [0.2, 0.25) is 5.91 Å². The first kappa shape index (κ1) is 13.4. The van der Waals surface area contributed by atoms with E-state index in [2.05, 4.69) is 14.9 Å². The third-order valence-electron chi connectivity index (χ3n) is 3.85. The van der Waals surface area contributed by atoms with Crippen LogP contribution in [0.25, 0.3) is 10.9 Å². The second kappa shape index (κ2) is 5.42. The van der Waals surface area contributed by atoms with Gasteiger partial charge in [-0.15, -0.1) is 0 Å². The van der Waals surface area contributed by atoms with Crippen LogP contribution in [0.3, 0.4) is 0 Å². The lowest BCUT2D eigenvalue weighted by atomic mass is 10.2. The second-order valence-corrected chi connectivity index (χ2v) is 5.48. The first-order valence-electron chi connectivity index (χ1n) is 6.73. The van der Waals surface area contributed by atoms with Crippen LogP contribution in [0.4, 0.5) is 0 Å². The van der Waals surface area contributed by atoms with Gasteiger partial charge in [-0.1, -0.05) is 11.6 Å². The number of H-pyrrole nitrogens is 1. The minimum atomic E-state index is 0.162. The minimum absolute atomic E-state index is 0.162. The van der Waals surface area contributed by atoms with Crippen LogP contribution in [0.2, 0.25) is 5.15 Å². The number of carbonyl (C=O) groups excluding carboxylic acids is 1. The highest BCUT2D eigenvalue weighted by Crippen LogP contribution is 2.24. The number of rotatable bonds is 2. The van der Waals surface area contributed by atoms with E-state index >= 15 is 0 Å². The number of halogens is 1. The molecular formula is C14H17ClN4O. The van der Waals surface area contributed by atoms with Crippen LogP contribution < -0.4 is 0 Å². The van der Waals surface area contributed by atoms with Gasteiger partial charge in [-0.25, -0.2) is 4.98 Å². The van der Waals surface area contributed by atoms with Crippen molar-refractivity contribution in [1.29, 1.82) is 0 Å². The molecule has 1 N–H and O–H groups in total. The Balaban J connectivity index is 1.72. The molecule has 3 heterocycles. The largest absolute Gasteiger partial charge is 0.358 e. The first-order valence-corrected chi connectivity index (χ1v) is 7.11. The number of amides is 1. The second-order valence-electron chi connectivity index (χ2n) is 5.12. The molecule has 1 fully saturated rings. The maximum Gasteiger partial charge on any atom is 0.219 e. The number of piperazine rings is 1. The summed E-state index contributed by atoms with van der Waals surface area (Å²) in [6.45, 7) is 5.92. The third kappa shape index (κ3) is 2.51. The van der Waals surface area contributed by atoms with Crippen LogP contribution in [0.1, 0.15) is 12.5 Å². The molecule has 0 saturated carbocycles. The fourth-order valence-electron chi connectivity index (χ4n) is 2.67. The molecule has 1 saturated heterocycles. The number of nitrogens with zero attached hydrogens (tertiary/aromatic N) is 3. The summed E-state index contributed by atoms with van der Waals surface area (Å²) in [5.74, 6) is 0.162. The van der Waals surface area contributed by atoms with E-state index in [1.807, 2.05) is 17.2 Å². The van der Waals surface area contributed by atoms with E-state index in [0.717, 1.165) is 43.6 Å². The molecule has 2 aromatic heterocycles. The molecule has 0 spiro atoms. The normalized spacial score (nSPS) is 16.8. The third-order valence-corrected chi connectivity index (χ3v) is 4.14. The van der Waals surface area contributed by atoms with Crippen molar-refractivity contribution in [2.24, 2.45) is 0 Å². The Bertz CT molecular complexity index is 631. The van der Waals surface area contributed by atoms with E-state index in [4.69, 9.17) is 11.6 Å². The van der Waals surface area contributed by atoms with Gasteiger partial charge in [0.05, 0.1) is 5.52 Å². The number of fused-ring (bicyclic) bond motifs is 1. The summed E-state index contributed by atoms with van der Waals surface area (Å²) in [6.07, 6.45) is 3.73. The van der Waals surface area contributed by atoms with Crippen molar-refractivity contribution >= 4 is 28.4 Å². The maximum absolute atomic E-state index is 11.3. The molecular weight excluding hydrogens is 276 g/mol. The van der Waals surface area contributed by atoms with Gasteiger partial charge in [-0.05, 0) is 11.6 Å². The molecule has 0 bridgehead atoms. The average molecular weight is 293 g/mol. The Hall–Kier alpha value is -1.59. The average Bonchev–Trinajstić information content (AvgIpc) is 2.84. The van der Waals surface area contributed by atoms with Gasteiger partial charge in [0, 0.05) is 57.4 Å². The highest BCUT2D eigenvalue weighted by atomic mass is 35.5. The molecule has 3 rings (SSSR count). The molecule has 0 atom stereocenters. The van der Waals surface area contributed by atoms with Gasteiger partial charge in [-0.2, -0.15) is 0 Å². The van der Waals surface area contributed by atoms with Gasteiger partial charge in [0.25, 0.3) is 0 Å². The predicted octanol–water partition coefficient (Wildman–Crippen LogP) is 1.88. The molecule has 6 heteroatoms. The van der Waals surface area contributed by atoms with Crippen molar-refractivity contribution in [1.82, 2.24) is 19.8 Å². The maximum atomic E-state index is 11.3. The van der Waals surface area contributed by atoms with Crippen LogP contribution in [0.15, 0.2) is 18.5 Å². The summed E-state index contributed by atoms with van der Waals surface area (Å²) in [5.41, 5.74) is 2.12. The van der Waals surface area contributed by atoms with Crippen LogP contribution in [0, 0.1) is 0 Å². The van der Waals surface area contributed by atoms with Gasteiger partial charge >= 0.3 is 0 Å². The molecule has 0 radical (unpaired) electrons. The highest BCUT2D eigenvalue weighted by Gasteiger charge is 2.19. The highest BCUT2D eigenvalue weighted by molar-refractivity contribution is 6.33. The van der Waals surface area contributed by atoms with Gasteiger partial charge in [-0.3, -0.25) is 9.69 Å². The van der Waals surface area contributed by atoms with Crippen LogP contribution in [-0.4, -0.2) is 51.9 Å². The minimum Gasteiger partial charge on any atom is -0.358 e. The van der Waals surface area contributed by atoms with Gasteiger partial charge in [0.1, 0.15) is 0 Å². The monoisotopic (exact) mass is 292 g/mol. The SMILES string of the molecule is CC(=O)N1CCN(Cc2c[nH]c3c(Cl)nccc23)CC1. The summed E-state index contributed by atoms with van der Waals surface area (Å²) >= 11 is 6.07. The van der Waals surface area contributed by atoms with Crippen molar-refractivity contribution < 1.29 is 4.79 Å². The molecule has 106 valence electrons. The molecule has 1 aliphatic heterocycles. The molecule has 2 aromatic rings. The fraction of sp³-hybridized carbons (Fsp3) is 0.429. The fourth-order valence-corrected chi connectivity index (χ4v) is 2.88. The zero-order valence-electron chi connectivity index (χ0n) is 11.4. The number of aromatic amines is 1. The van der Waals surface area contributed by atoms with E-state index in [9.17, 15) is 4.79 Å². The Morgan fingerprint density at radius 3 is 2.85 bits per heavy atom. The number of carbonyl (C=O) groups is 1. The van der Waals surface area contributed by atoms with Gasteiger partial charge in [0.15, 0.2) is 5.15 Å². The van der Waals surface area contributed by atoms with Crippen molar-refractivity contribution in [3.63, 3.8) is 0 Å². The number of hydrogen-bond donors (Lipinski definition) is 1. The zero-order chi connectivity index (χ0) is 14.1. The zero-order valence-corrected chi connectivity index (χ0v) is 12.2. The number of hydrogen-bond acceptors (Lipinski definition) is 3. The summed E-state index contributed by atoms with van der Waals surface area (Å²) in [7, 11) is 0. The number of aromatic nitrogens is 2. The lowest BCUT2D eigenvalue weighted by molar-refractivity contribution is -0.130. The number of nitrogens with one attached hydrogen (secondary N) is 1. The van der Waals surface area contributed by atoms with E-state index in [1.165, 1.54) is 5.56 Å². The van der Waals surface area contributed by atoms with Crippen molar-refractivity contribution in [2.75, 3.05) is 26.2 Å². The first-order chi connectivity index (χ1) is 9.65. The molecule has 1 aliphatic rings. The lowest BCUT2D eigenvalue weighted by Crippen LogP contribution is -2.47. The Morgan fingerprint density at radius 2 is 2.15 bits per heavy atom. The Labute approximate surface area is 122 Å².